The Morgan fingerprint density at radius 1 is 0.559 bits per heavy atom. The summed E-state index contributed by atoms with van der Waals surface area (Å²) in [6.45, 7) is 0.438. The van der Waals surface area contributed by atoms with E-state index >= 15 is 0 Å². The number of carbonyl (C=O) groups excluding carboxylic acids is 2. The molecule has 0 aliphatic carbocycles. The van der Waals surface area contributed by atoms with Crippen LogP contribution in [0.25, 0.3) is 0 Å². The first-order valence-corrected chi connectivity index (χ1v) is 12.8. The number of carbonyl (C=O) groups is 2. The third-order valence-corrected chi connectivity index (χ3v) is 8.45. The van der Waals surface area contributed by atoms with E-state index < -0.39 is 0 Å². The van der Waals surface area contributed by atoms with Gasteiger partial charge in [-0.05, 0) is 41.4 Å². The molecule has 4 heteroatoms. The highest BCUT2D eigenvalue weighted by molar-refractivity contribution is 7.40. The predicted molar refractivity (Wildman–Crippen MR) is 139 cm³/mol. The monoisotopic (exact) mass is 463 g/mol. The molecule has 0 aromatic heterocycles. The molecular formula is C30H26NO2P. The lowest BCUT2D eigenvalue weighted by Crippen LogP contribution is -2.31. The van der Waals surface area contributed by atoms with Crippen LogP contribution in [0, 0.1) is 0 Å². The molecule has 34 heavy (non-hydrogen) atoms. The second-order valence-electron chi connectivity index (χ2n) is 8.44. The number of amides is 2. The molecule has 1 atom stereocenters. The Labute approximate surface area is 202 Å². The van der Waals surface area contributed by atoms with Gasteiger partial charge in [0, 0.05) is 6.54 Å². The zero-order valence-electron chi connectivity index (χ0n) is 18.9. The summed E-state index contributed by atoms with van der Waals surface area (Å²) in [4.78, 5) is 26.9. The molecule has 0 saturated heterocycles. The normalized spacial score (nSPS) is 13.6. The third kappa shape index (κ3) is 3.97. The molecule has 1 aliphatic heterocycles. The number of nitrogens with zero attached hydrogens (tertiary/aromatic N) is 1. The van der Waals surface area contributed by atoms with E-state index in [2.05, 4.69) is 91.0 Å². The SMILES string of the molecule is O=C1c2ccccc2C(=O)N1CCCPC(c1ccccc1)(c1ccccc1)c1ccccc1. The average Bonchev–Trinajstić information content (AvgIpc) is 3.15. The van der Waals surface area contributed by atoms with Crippen LogP contribution in [-0.4, -0.2) is 29.4 Å². The van der Waals surface area contributed by atoms with E-state index in [1.54, 1.807) is 12.1 Å². The van der Waals surface area contributed by atoms with Crippen LogP contribution in [-0.2, 0) is 5.16 Å². The van der Waals surface area contributed by atoms with Gasteiger partial charge in [0.25, 0.3) is 11.8 Å². The maximum atomic E-state index is 12.8. The molecule has 0 saturated carbocycles. The van der Waals surface area contributed by atoms with Crippen LogP contribution in [0.3, 0.4) is 0 Å². The minimum atomic E-state index is -0.286. The predicted octanol–water partition coefficient (Wildman–Crippen LogP) is 6.34. The summed E-state index contributed by atoms with van der Waals surface area (Å²) in [6, 6.07) is 39.1. The highest BCUT2D eigenvalue weighted by atomic mass is 31.1. The molecule has 0 spiro atoms. The molecule has 0 fully saturated rings. The van der Waals surface area contributed by atoms with Crippen molar-refractivity contribution in [1.82, 2.24) is 4.90 Å². The van der Waals surface area contributed by atoms with E-state index in [0.717, 1.165) is 12.6 Å². The quantitative estimate of drug-likeness (QED) is 0.132. The Hall–Kier alpha value is -3.55. The molecule has 4 aromatic rings. The highest BCUT2D eigenvalue weighted by Crippen LogP contribution is 2.52. The molecule has 2 amide bonds. The van der Waals surface area contributed by atoms with Crippen molar-refractivity contribution >= 4 is 20.4 Å². The van der Waals surface area contributed by atoms with E-state index in [9.17, 15) is 9.59 Å². The first-order valence-electron chi connectivity index (χ1n) is 11.6. The van der Waals surface area contributed by atoms with Crippen molar-refractivity contribution in [3.8, 4) is 0 Å². The summed E-state index contributed by atoms with van der Waals surface area (Å²) in [5.74, 6) is -0.353. The van der Waals surface area contributed by atoms with Crippen molar-refractivity contribution in [3.63, 3.8) is 0 Å². The molecule has 168 valence electrons. The van der Waals surface area contributed by atoms with E-state index in [1.807, 2.05) is 12.1 Å². The lowest BCUT2D eigenvalue weighted by atomic mass is 9.84. The third-order valence-electron chi connectivity index (χ3n) is 6.45. The van der Waals surface area contributed by atoms with Crippen LogP contribution in [0.1, 0.15) is 43.8 Å². The van der Waals surface area contributed by atoms with E-state index in [1.165, 1.54) is 21.6 Å². The Balaban J connectivity index is 1.42. The van der Waals surface area contributed by atoms with Crippen molar-refractivity contribution in [2.45, 2.75) is 11.6 Å². The Morgan fingerprint density at radius 3 is 1.35 bits per heavy atom. The number of benzene rings is 4. The summed E-state index contributed by atoms with van der Waals surface area (Å²) in [5, 5.41) is -0.286. The maximum Gasteiger partial charge on any atom is 0.261 e. The zero-order chi connectivity index (χ0) is 23.4. The van der Waals surface area contributed by atoms with E-state index in [4.69, 9.17) is 0 Å². The van der Waals surface area contributed by atoms with Gasteiger partial charge in [-0.3, -0.25) is 14.5 Å². The first-order chi connectivity index (χ1) is 16.7. The minimum absolute atomic E-state index is 0.177. The molecule has 1 heterocycles. The molecular weight excluding hydrogens is 437 g/mol. The summed E-state index contributed by atoms with van der Waals surface area (Å²) in [6.07, 6.45) is 1.66. The zero-order valence-corrected chi connectivity index (χ0v) is 19.9. The highest BCUT2D eigenvalue weighted by Gasteiger charge is 2.37. The topological polar surface area (TPSA) is 37.4 Å². The van der Waals surface area contributed by atoms with Gasteiger partial charge in [0.1, 0.15) is 0 Å². The average molecular weight is 464 g/mol. The second-order valence-corrected chi connectivity index (χ2v) is 10.0. The number of hydrogen-bond donors (Lipinski definition) is 0. The fraction of sp³-hybridized carbons (Fsp3) is 0.133. The molecule has 4 aromatic carbocycles. The Kier molecular flexibility index (Phi) is 6.38. The van der Waals surface area contributed by atoms with Crippen molar-refractivity contribution in [2.75, 3.05) is 12.7 Å². The van der Waals surface area contributed by atoms with Crippen molar-refractivity contribution in [2.24, 2.45) is 0 Å². The van der Waals surface area contributed by atoms with Gasteiger partial charge in [0.2, 0.25) is 0 Å². The van der Waals surface area contributed by atoms with Crippen LogP contribution in [0.15, 0.2) is 115 Å². The van der Waals surface area contributed by atoms with Gasteiger partial charge in [-0.2, -0.15) is 0 Å². The van der Waals surface area contributed by atoms with Crippen LogP contribution in [0.4, 0.5) is 0 Å². The largest absolute Gasteiger partial charge is 0.274 e. The number of fused-ring (bicyclic) bond motifs is 1. The first kappa shape index (κ1) is 22.3. The summed E-state index contributed by atoms with van der Waals surface area (Å²) >= 11 is 0. The lowest BCUT2D eigenvalue weighted by molar-refractivity contribution is 0.0655. The maximum absolute atomic E-state index is 12.8. The number of hydrogen-bond acceptors (Lipinski definition) is 2. The lowest BCUT2D eigenvalue weighted by Gasteiger charge is -2.36. The molecule has 0 radical (unpaired) electrons. The summed E-state index contributed by atoms with van der Waals surface area (Å²) < 4.78 is 0. The van der Waals surface area contributed by atoms with E-state index in [0.29, 0.717) is 26.3 Å². The van der Waals surface area contributed by atoms with Crippen LogP contribution in [0.5, 0.6) is 0 Å². The van der Waals surface area contributed by atoms with Crippen LogP contribution < -0.4 is 0 Å². The Morgan fingerprint density at radius 2 is 0.941 bits per heavy atom. The molecule has 0 N–H and O–H groups in total. The van der Waals surface area contributed by atoms with Gasteiger partial charge in [0.15, 0.2) is 0 Å². The van der Waals surface area contributed by atoms with Crippen LogP contribution in [0.2, 0.25) is 0 Å². The Bertz CT molecular complexity index is 1160. The smallest absolute Gasteiger partial charge is 0.261 e. The summed E-state index contributed by atoms with van der Waals surface area (Å²) in [5.41, 5.74) is 4.80. The second kappa shape index (κ2) is 9.75. The van der Waals surface area contributed by atoms with Gasteiger partial charge in [-0.25, -0.2) is 0 Å². The molecule has 0 bridgehead atoms. The van der Waals surface area contributed by atoms with E-state index in [-0.39, 0.29) is 17.0 Å². The standard InChI is InChI=1S/C30H26NO2P/c32-28-26-19-10-11-20-27(26)29(33)31(28)21-12-22-34-30(23-13-4-1-5-14-23,24-15-6-2-7-16-24)25-17-8-3-9-18-25/h1-11,13-20,34H,12,21-22H2. The fourth-order valence-electron chi connectivity index (χ4n) is 4.83. The van der Waals surface area contributed by atoms with Crippen molar-refractivity contribution < 1.29 is 9.59 Å². The van der Waals surface area contributed by atoms with Crippen LogP contribution >= 0.6 is 8.58 Å². The minimum Gasteiger partial charge on any atom is -0.274 e. The van der Waals surface area contributed by atoms with Gasteiger partial charge < -0.3 is 0 Å². The molecule has 1 aliphatic rings. The fourth-order valence-corrected chi connectivity index (χ4v) is 6.65. The number of imide groups is 1. The molecule has 1 unspecified atom stereocenters. The van der Waals surface area contributed by atoms with Gasteiger partial charge in [-0.15, -0.1) is 8.58 Å². The molecule has 5 rings (SSSR count). The van der Waals surface area contributed by atoms with Crippen molar-refractivity contribution in [3.05, 3.63) is 143 Å². The van der Waals surface area contributed by atoms with Gasteiger partial charge in [0.05, 0.1) is 16.3 Å². The number of rotatable bonds is 8. The molecule has 3 nitrogen and oxygen atoms in total. The van der Waals surface area contributed by atoms with Gasteiger partial charge in [-0.1, -0.05) is 103 Å². The van der Waals surface area contributed by atoms with Crippen molar-refractivity contribution in [1.29, 1.82) is 0 Å². The summed E-state index contributed by atoms with van der Waals surface area (Å²) in [7, 11) is 0.543. The van der Waals surface area contributed by atoms with Gasteiger partial charge >= 0.3 is 0 Å².